The fraction of sp³-hybridized carbons (Fsp3) is 0.130. The highest BCUT2D eigenvalue weighted by Gasteiger charge is 2.33. The predicted molar refractivity (Wildman–Crippen MR) is 111 cm³/mol. The maximum atomic E-state index is 13.1. The second-order valence-electron chi connectivity index (χ2n) is 6.77. The third kappa shape index (κ3) is 3.57. The lowest BCUT2D eigenvalue weighted by molar-refractivity contribution is -0.123. The number of carbonyl (C=O) groups excluding carboxylic acids is 2. The molecule has 152 valence electrons. The number of nitrogens with zero attached hydrogens (tertiary/aromatic N) is 1. The van der Waals surface area contributed by atoms with Crippen LogP contribution in [0.5, 0.6) is 11.5 Å². The standard InChI is InChI=1S/C23H19FN2O4/c1-29-17-9-5-15-6-10-21(30-2)19(18(15)11-17)12-20-22(27)26(23(28)25-20)13-14-3-7-16(24)8-4-14/h3-12H,13H2,1-2H3,(H,25,28)/b20-12+. The Morgan fingerprint density at radius 1 is 1.00 bits per heavy atom. The van der Waals surface area contributed by atoms with E-state index in [9.17, 15) is 14.0 Å². The first-order valence-electron chi connectivity index (χ1n) is 9.24. The summed E-state index contributed by atoms with van der Waals surface area (Å²) in [4.78, 5) is 26.4. The molecular weight excluding hydrogens is 387 g/mol. The van der Waals surface area contributed by atoms with E-state index >= 15 is 0 Å². The molecule has 1 aliphatic rings. The number of rotatable bonds is 5. The van der Waals surface area contributed by atoms with Crippen LogP contribution in [-0.4, -0.2) is 31.1 Å². The Morgan fingerprint density at radius 3 is 2.43 bits per heavy atom. The highest BCUT2D eigenvalue weighted by Crippen LogP contribution is 2.33. The van der Waals surface area contributed by atoms with Crippen LogP contribution >= 0.6 is 0 Å². The number of hydrogen-bond donors (Lipinski definition) is 1. The van der Waals surface area contributed by atoms with Gasteiger partial charge in [0, 0.05) is 5.56 Å². The first-order chi connectivity index (χ1) is 14.5. The molecule has 3 aromatic rings. The minimum absolute atomic E-state index is 0.0444. The normalized spacial score (nSPS) is 15.0. The number of fused-ring (bicyclic) bond motifs is 1. The quantitative estimate of drug-likeness (QED) is 0.512. The maximum absolute atomic E-state index is 13.1. The molecule has 0 unspecified atom stereocenters. The maximum Gasteiger partial charge on any atom is 0.329 e. The number of imide groups is 1. The number of carbonyl (C=O) groups is 2. The van der Waals surface area contributed by atoms with Gasteiger partial charge in [-0.3, -0.25) is 9.69 Å². The lowest BCUT2D eigenvalue weighted by atomic mass is 10.0. The number of ether oxygens (including phenoxy) is 2. The molecule has 30 heavy (non-hydrogen) atoms. The Bertz CT molecular complexity index is 1170. The van der Waals surface area contributed by atoms with Gasteiger partial charge in [-0.1, -0.05) is 24.3 Å². The fourth-order valence-electron chi connectivity index (χ4n) is 3.39. The van der Waals surface area contributed by atoms with Crippen molar-refractivity contribution in [1.82, 2.24) is 10.2 Å². The van der Waals surface area contributed by atoms with Crippen molar-refractivity contribution in [1.29, 1.82) is 0 Å². The second-order valence-corrected chi connectivity index (χ2v) is 6.77. The topological polar surface area (TPSA) is 67.9 Å². The van der Waals surface area contributed by atoms with Crippen LogP contribution < -0.4 is 14.8 Å². The molecule has 6 nitrogen and oxygen atoms in total. The zero-order valence-electron chi connectivity index (χ0n) is 16.4. The number of amides is 3. The van der Waals surface area contributed by atoms with Gasteiger partial charge >= 0.3 is 6.03 Å². The fourth-order valence-corrected chi connectivity index (χ4v) is 3.39. The van der Waals surface area contributed by atoms with Gasteiger partial charge in [0.25, 0.3) is 5.91 Å². The third-order valence-corrected chi connectivity index (χ3v) is 4.96. The molecule has 1 fully saturated rings. The van der Waals surface area contributed by atoms with Crippen molar-refractivity contribution in [3.63, 3.8) is 0 Å². The molecule has 0 saturated carbocycles. The Labute approximate surface area is 172 Å². The van der Waals surface area contributed by atoms with E-state index in [-0.39, 0.29) is 18.1 Å². The van der Waals surface area contributed by atoms with Crippen molar-refractivity contribution >= 4 is 28.8 Å². The molecule has 7 heteroatoms. The summed E-state index contributed by atoms with van der Waals surface area (Å²) in [5.74, 6) is 0.374. The molecule has 3 aromatic carbocycles. The van der Waals surface area contributed by atoms with Gasteiger partial charge in [0.05, 0.1) is 20.8 Å². The van der Waals surface area contributed by atoms with E-state index in [2.05, 4.69) is 5.32 Å². The molecule has 0 radical (unpaired) electrons. The lowest BCUT2D eigenvalue weighted by Gasteiger charge is -2.12. The SMILES string of the molecule is COc1ccc2ccc(OC)c(/C=C3/NC(=O)N(Cc4ccc(F)cc4)C3=O)c2c1. The van der Waals surface area contributed by atoms with Crippen molar-refractivity contribution in [2.75, 3.05) is 14.2 Å². The van der Waals surface area contributed by atoms with Gasteiger partial charge in [0.15, 0.2) is 0 Å². The molecule has 0 aromatic heterocycles. The van der Waals surface area contributed by atoms with Crippen molar-refractivity contribution in [2.24, 2.45) is 0 Å². The van der Waals surface area contributed by atoms with Gasteiger partial charge in [0.2, 0.25) is 0 Å². The average molecular weight is 406 g/mol. The van der Waals surface area contributed by atoms with E-state index in [0.717, 1.165) is 15.7 Å². The molecule has 0 spiro atoms. The lowest BCUT2D eigenvalue weighted by Crippen LogP contribution is -2.30. The molecule has 0 atom stereocenters. The van der Waals surface area contributed by atoms with Crippen LogP contribution in [0.2, 0.25) is 0 Å². The Morgan fingerprint density at radius 2 is 1.73 bits per heavy atom. The van der Waals surface area contributed by atoms with E-state index in [0.29, 0.717) is 22.6 Å². The minimum atomic E-state index is -0.535. The zero-order valence-corrected chi connectivity index (χ0v) is 16.4. The van der Waals surface area contributed by atoms with Crippen molar-refractivity contribution < 1.29 is 23.5 Å². The number of nitrogens with one attached hydrogen (secondary N) is 1. The molecule has 1 saturated heterocycles. The first-order valence-corrected chi connectivity index (χ1v) is 9.24. The van der Waals surface area contributed by atoms with Gasteiger partial charge in [-0.2, -0.15) is 0 Å². The number of methoxy groups -OCH3 is 2. The first kappa shape index (κ1) is 19.4. The van der Waals surface area contributed by atoms with Crippen molar-refractivity contribution in [3.05, 3.63) is 77.2 Å². The molecule has 0 bridgehead atoms. The van der Waals surface area contributed by atoms with E-state index in [1.807, 2.05) is 24.3 Å². The number of hydrogen-bond acceptors (Lipinski definition) is 4. The van der Waals surface area contributed by atoms with Gasteiger partial charge in [0.1, 0.15) is 23.0 Å². The van der Waals surface area contributed by atoms with Crippen LogP contribution in [0.3, 0.4) is 0 Å². The summed E-state index contributed by atoms with van der Waals surface area (Å²) in [5, 5.41) is 4.37. The smallest absolute Gasteiger partial charge is 0.329 e. The highest BCUT2D eigenvalue weighted by molar-refractivity contribution is 6.14. The van der Waals surface area contributed by atoms with Gasteiger partial charge in [-0.05, 0) is 52.7 Å². The van der Waals surface area contributed by atoms with Crippen LogP contribution in [0, 0.1) is 5.82 Å². The molecule has 1 N–H and O–H groups in total. The van der Waals surface area contributed by atoms with E-state index in [1.165, 1.54) is 24.3 Å². The Balaban J connectivity index is 1.72. The molecule has 4 rings (SSSR count). The minimum Gasteiger partial charge on any atom is -0.497 e. The molecule has 1 aliphatic heterocycles. The average Bonchev–Trinajstić information content (AvgIpc) is 3.02. The summed E-state index contributed by atoms with van der Waals surface area (Å²) >= 11 is 0. The van der Waals surface area contributed by atoms with E-state index in [1.54, 1.807) is 26.4 Å². The summed E-state index contributed by atoms with van der Waals surface area (Å²) < 4.78 is 23.9. The van der Waals surface area contributed by atoms with Gasteiger partial charge in [-0.25, -0.2) is 9.18 Å². The van der Waals surface area contributed by atoms with Crippen molar-refractivity contribution in [2.45, 2.75) is 6.54 Å². The van der Waals surface area contributed by atoms with Crippen LogP contribution in [0.1, 0.15) is 11.1 Å². The summed E-state index contributed by atoms with van der Waals surface area (Å²) in [6.45, 7) is 0.0444. The Hall–Kier alpha value is -3.87. The number of halogens is 1. The summed E-state index contributed by atoms with van der Waals surface area (Å²) in [5.41, 5.74) is 1.44. The summed E-state index contributed by atoms with van der Waals surface area (Å²) in [6, 6.07) is 14.4. The second kappa shape index (κ2) is 7.87. The molecule has 1 heterocycles. The molecular formula is C23H19FN2O4. The zero-order chi connectivity index (χ0) is 21.3. The summed E-state index contributed by atoms with van der Waals surface area (Å²) in [6.07, 6.45) is 1.60. The van der Waals surface area contributed by atoms with Crippen LogP contribution in [0.15, 0.2) is 60.3 Å². The van der Waals surface area contributed by atoms with Gasteiger partial charge in [-0.15, -0.1) is 0 Å². The Kier molecular flexibility index (Phi) is 5.10. The third-order valence-electron chi connectivity index (χ3n) is 4.96. The van der Waals surface area contributed by atoms with E-state index < -0.39 is 11.9 Å². The molecule has 0 aliphatic carbocycles. The number of urea groups is 1. The monoisotopic (exact) mass is 406 g/mol. The highest BCUT2D eigenvalue weighted by atomic mass is 19.1. The van der Waals surface area contributed by atoms with Gasteiger partial charge < -0.3 is 14.8 Å². The van der Waals surface area contributed by atoms with Crippen LogP contribution in [-0.2, 0) is 11.3 Å². The summed E-state index contributed by atoms with van der Waals surface area (Å²) in [7, 11) is 3.12. The number of benzene rings is 3. The van der Waals surface area contributed by atoms with E-state index in [4.69, 9.17) is 9.47 Å². The van der Waals surface area contributed by atoms with Crippen molar-refractivity contribution in [3.8, 4) is 11.5 Å². The molecule has 3 amide bonds. The van der Waals surface area contributed by atoms with Crippen LogP contribution in [0.25, 0.3) is 16.8 Å². The predicted octanol–water partition coefficient (Wildman–Crippen LogP) is 4.09. The van der Waals surface area contributed by atoms with Crippen LogP contribution in [0.4, 0.5) is 9.18 Å². The largest absolute Gasteiger partial charge is 0.497 e.